The van der Waals surface area contributed by atoms with Crippen LogP contribution in [0.4, 0.5) is 5.69 Å². The molecular weight excluding hydrogens is 278 g/mol. The van der Waals surface area contributed by atoms with E-state index < -0.39 is 10.0 Å². The van der Waals surface area contributed by atoms with Gasteiger partial charge in [0.1, 0.15) is 5.69 Å². The van der Waals surface area contributed by atoms with Crippen LogP contribution in [0.25, 0.3) is 0 Å². The van der Waals surface area contributed by atoms with Crippen LogP contribution in [0, 0.1) is 32.1 Å². The molecule has 104 valence electrons. The third kappa shape index (κ3) is 2.51. The molecule has 2 rings (SSSR count). The standard InChI is InChI=1S/C13H13N3O3S/c1-8-4-5-11(7-14)6-12(8)16-20(17,18)13-9(2)15-19-10(13)3/h4-6,16H,1-3H3. The number of nitrogens with zero attached hydrogens (tertiary/aromatic N) is 2. The number of sulfonamides is 1. The molecule has 0 saturated heterocycles. The minimum atomic E-state index is -3.79. The van der Waals surface area contributed by atoms with Gasteiger partial charge < -0.3 is 4.52 Å². The number of hydrogen-bond donors (Lipinski definition) is 1. The third-order valence-electron chi connectivity index (χ3n) is 2.85. The van der Waals surface area contributed by atoms with Crippen LogP contribution in [-0.4, -0.2) is 13.6 Å². The van der Waals surface area contributed by atoms with Gasteiger partial charge in [0.2, 0.25) is 0 Å². The Labute approximate surface area is 117 Å². The molecule has 0 atom stereocenters. The van der Waals surface area contributed by atoms with Crippen molar-refractivity contribution in [3.63, 3.8) is 0 Å². The Morgan fingerprint density at radius 1 is 1.30 bits per heavy atom. The topological polar surface area (TPSA) is 96.0 Å². The molecule has 0 aliphatic heterocycles. The van der Waals surface area contributed by atoms with Crippen molar-refractivity contribution >= 4 is 15.7 Å². The zero-order valence-corrected chi connectivity index (χ0v) is 12.1. The van der Waals surface area contributed by atoms with Crippen LogP contribution in [-0.2, 0) is 10.0 Å². The number of hydrogen-bond acceptors (Lipinski definition) is 5. The minimum absolute atomic E-state index is 0.0271. The van der Waals surface area contributed by atoms with Gasteiger partial charge in [0.15, 0.2) is 10.7 Å². The van der Waals surface area contributed by atoms with Gasteiger partial charge in [-0.3, -0.25) is 4.72 Å². The molecule has 6 nitrogen and oxygen atoms in total. The summed E-state index contributed by atoms with van der Waals surface area (Å²) < 4.78 is 32.1. The molecule has 1 heterocycles. The Bertz CT molecular complexity index is 781. The van der Waals surface area contributed by atoms with Gasteiger partial charge in [0, 0.05) is 0 Å². The molecule has 20 heavy (non-hydrogen) atoms. The summed E-state index contributed by atoms with van der Waals surface area (Å²) in [5, 5.41) is 12.5. The first-order valence-electron chi connectivity index (χ1n) is 5.81. The van der Waals surface area contributed by atoms with Crippen LogP contribution in [0.2, 0.25) is 0 Å². The molecule has 0 fully saturated rings. The zero-order valence-electron chi connectivity index (χ0n) is 11.3. The summed E-state index contributed by atoms with van der Waals surface area (Å²) in [5.74, 6) is 0.226. The first kappa shape index (κ1) is 14.1. The van der Waals surface area contributed by atoms with Gasteiger partial charge in [-0.1, -0.05) is 11.2 Å². The Balaban J connectivity index is 2.47. The molecule has 7 heteroatoms. The highest BCUT2D eigenvalue weighted by Crippen LogP contribution is 2.24. The van der Waals surface area contributed by atoms with Crippen LogP contribution in [0.15, 0.2) is 27.6 Å². The summed E-state index contributed by atoms with van der Waals surface area (Å²) in [6, 6.07) is 6.78. The highest BCUT2D eigenvalue weighted by atomic mass is 32.2. The summed E-state index contributed by atoms with van der Waals surface area (Å²) in [5.41, 5.74) is 1.76. The second-order valence-electron chi connectivity index (χ2n) is 4.40. The number of nitriles is 1. The second-order valence-corrected chi connectivity index (χ2v) is 6.02. The Morgan fingerprint density at radius 3 is 2.55 bits per heavy atom. The molecule has 1 N–H and O–H groups in total. The average molecular weight is 291 g/mol. The lowest BCUT2D eigenvalue weighted by molar-refractivity contribution is 0.390. The summed E-state index contributed by atoms with van der Waals surface area (Å²) in [6.45, 7) is 4.85. The van der Waals surface area contributed by atoms with E-state index in [4.69, 9.17) is 9.78 Å². The Morgan fingerprint density at radius 2 is 2.00 bits per heavy atom. The molecule has 0 radical (unpaired) electrons. The quantitative estimate of drug-likeness (QED) is 0.935. The monoisotopic (exact) mass is 291 g/mol. The summed E-state index contributed by atoms with van der Waals surface area (Å²) >= 11 is 0. The van der Waals surface area contributed by atoms with Crippen LogP contribution in [0.5, 0.6) is 0 Å². The number of rotatable bonds is 3. The van der Waals surface area contributed by atoms with Crippen LogP contribution >= 0.6 is 0 Å². The number of aromatic nitrogens is 1. The van der Waals surface area contributed by atoms with E-state index in [1.165, 1.54) is 13.0 Å². The van der Waals surface area contributed by atoms with Crippen LogP contribution in [0.3, 0.4) is 0 Å². The predicted molar refractivity (Wildman–Crippen MR) is 72.7 cm³/mol. The molecule has 0 saturated carbocycles. The van der Waals surface area contributed by atoms with E-state index in [0.29, 0.717) is 16.9 Å². The van der Waals surface area contributed by atoms with E-state index in [1.807, 2.05) is 6.07 Å². The van der Waals surface area contributed by atoms with E-state index in [-0.39, 0.29) is 10.7 Å². The summed E-state index contributed by atoms with van der Waals surface area (Å²) in [6.07, 6.45) is 0. The molecule has 0 unspecified atom stereocenters. The maximum Gasteiger partial charge on any atom is 0.267 e. The van der Waals surface area contributed by atoms with E-state index >= 15 is 0 Å². The average Bonchev–Trinajstić information content (AvgIpc) is 2.72. The van der Waals surface area contributed by atoms with Gasteiger partial charge in [-0.25, -0.2) is 8.42 Å². The van der Waals surface area contributed by atoms with Crippen molar-refractivity contribution in [3.8, 4) is 6.07 Å². The molecular formula is C13H13N3O3S. The highest BCUT2D eigenvalue weighted by Gasteiger charge is 2.24. The van der Waals surface area contributed by atoms with Crippen molar-refractivity contribution < 1.29 is 12.9 Å². The van der Waals surface area contributed by atoms with Crippen molar-refractivity contribution in [2.24, 2.45) is 0 Å². The maximum atomic E-state index is 12.4. The van der Waals surface area contributed by atoms with Crippen molar-refractivity contribution in [3.05, 3.63) is 40.8 Å². The first-order chi connectivity index (χ1) is 9.35. The largest absolute Gasteiger partial charge is 0.360 e. The maximum absolute atomic E-state index is 12.4. The lowest BCUT2D eigenvalue weighted by Crippen LogP contribution is -2.15. The summed E-state index contributed by atoms with van der Waals surface area (Å²) in [4.78, 5) is 0.0271. The third-order valence-corrected chi connectivity index (χ3v) is 4.46. The molecule has 0 bridgehead atoms. The van der Waals surface area contributed by atoms with Gasteiger partial charge in [0.25, 0.3) is 10.0 Å². The smallest absolute Gasteiger partial charge is 0.267 e. The van der Waals surface area contributed by atoms with Gasteiger partial charge in [-0.15, -0.1) is 0 Å². The molecule has 0 amide bonds. The van der Waals surface area contributed by atoms with Gasteiger partial charge in [-0.2, -0.15) is 5.26 Å². The van der Waals surface area contributed by atoms with Crippen molar-refractivity contribution in [2.45, 2.75) is 25.7 Å². The summed E-state index contributed by atoms with van der Waals surface area (Å²) in [7, 11) is -3.79. The van der Waals surface area contributed by atoms with E-state index in [2.05, 4.69) is 9.88 Å². The lowest BCUT2D eigenvalue weighted by Gasteiger charge is -2.10. The number of anilines is 1. The molecule has 0 spiro atoms. The lowest BCUT2D eigenvalue weighted by atomic mass is 10.1. The normalized spacial score (nSPS) is 11.1. The van der Waals surface area contributed by atoms with Gasteiger partial charge in [0.05, 0.1) is 17.3 Å². The van der Waals surface area contributed by atoms with Crippen molar-refractivity contribution in [1.29, 1.82) is 5.26 Å². The number of nitrogens with one attached hydrogen (secondary N) is 1. The van der Waals surface area contributed by atoms with E-state index in [0.717, 1.165) is 5.56 Å². The fourth-order valence-corrected chi connectivity index (χ4v) is 3.31. The fourth-order valence-electron chi connectivity index (χ4n) is 1.86. The van der Waals surface area contributed by atoms with E-state index in [1.54, 1.807) is 26.0 Å². The second kappa shape index (κ2) is 4.98. The molecule has 2 aromatic rings. The fraction of sp³-hybridized carbons (Fsp3) is 0.231. The SMILES string of the molecule is Cc1ccc(C#N)cc1NS(=O)(=O)c1c(C)noc1C. The Hall–Kier alpha value is -2.33. The predicted octanol–water partition coefficient (Wildman–Crippen LogP) is 2.27. The van der Waals surface area contributed by atoms with Crippen LogP contribution in [0.1, 0.15) is 22.6 Å². The molecule has 0 aliphatic rings. The highest BCUT2D eigenvalue weighted by molar-refractivity contribution is 7.92. The van der Waals surface area contributed by atoms with Crippen molar-refractivity contribution in [1.82, 2.24) is 5.16 Å². The zero-order chi connectivity index (χ0) is 14.9. The van der Waals surface area contributed by atoms with E-state index in [9.17, 15) is 8.42 Å². The number of benzene rings is 1. The van der Waals surface area contributed by atoms with Gasteiger partial charge in [-0.05, 0) is 38.5 Å². The van der Waals surface area contributed by atoms with Gasteiger partial charge >= 0.3 is 0 Å². The first-order valence-corrected chi connectivity index (χ1v) is 7.30. The Kier molecular flexibility index (Phi) is 3.51. The minimum Gasteiger partial charge on any atom is -0.360 e. The molecule has 1 aromatic carbocycles. The van der Waals surface area contributed by atoms with Crippen molar-refractivity contribution in [2.75, 3.05) is 4.72 Å². The molecule has 1 aromatic heterocycles. The molecule has 0 aliphatic carbocycles. The van der Waals surface area contributed by atoms with Crippen LogP contribution < -0.4 is 4.72 Å². The number of aryl methyl sites for hydroxylation is 3.